The zero-order valence-corrected chi connectivity index (χ0v) is 20.3. The molecule has 0 aliphatic heterocycles. The van der Waals surface area contributed by atoms with Crippen LogP contribution in [0.4, 0.5) is 0 Å². The monoisotopic (exact) mass is 471 g/mol. The Labute approximate surface area is 199 Å². The van der Waals surface area contributed by atoms with E-state index in [4.69, 9.17) is 26.3 Å². The van der Waals surface area contributed by atoms with E-state index in [1.54, 1.807) is 32.4 Å². The lowest BCUT2D eigenvalue weighted by atomic mass is 9.92. The summed E-state index contributed by atoms with van der Waals surface area (Å²) in [6.45, 7) is 6.19. The highest BCUT2D eigenvalue weighted by atomic mass is 35.5. The predicted molar refractivity (Wildman–Crippen MR) is 129 cm³/mol. The van der Waals surface area contributed by atoms with Crippen LogP contribution < -0.4 is 25.4 Å². The molecule has 0 aliphatic rings. The van der Waals surface area contributed by atoms with Crippen LogP contribution >= 0.6 is 11.6 Å². The minimum absolute atomic E-state index is 0.145. The first-order valence-corrected chi connectivity index (χ1v) is 10.8. The molecule has 9 heteroatoms. The quantitative estimate of drug-likeness (QED) is 0.178. The molecule has 0 saturated heterocycles. The minimum Gasteiger partial charge on any atom is -0.493 e. The number of rotatable bonds is 8. The van der Waals surface area contributed by atoms with Crippen LogP contribution in [0.3, 0.4) is 0 Å². The third kappa shape index (κ3) is 7.88. The van der Waals surface area contributed by atoms with Gasteiger partial charge in [0.05, 0.1) is 27.2 Å². The normalized spacial score (nSPS) is 12.3. The Balaban J connectivity index is 2.14. The summed E-state index contributed by atoms with van der Waals surface area (Å²) in [6.07, 6.45) is 1.52. The third-order valence-electron chi connectivity index (χ3n) is 4.80. The molecule has 2 aromatic rings. The van der Waals surface area contributed by atoms with Crippen molar-refractivity contribution in [3.63, 3.8) is 0 Å². The first kappa shape index (κ1) is 25.8. The Morgan fingerprint density at radius 3 is 2.42 bits per heavy atom. The number of halogens is 1. The highest BCUT2D eigenvalue weighted by Gasteiger charge is 2.27. The maximum atomic E-state index is 12.8. The van der Waals surface area contributed by atoms with Gasteiger partial charge in [-0.3, -0.25) is 10.1 Å². The fraction of sp³-hybridized carbons (Fsp3) is 0.375. The van der Waals surface area contributed by atoms with Crippen LogP contribution in [0.5, 0.6) is 11.5 Å². The Bertz CT molecular complexity index is 1030. The van der Waals surface area contributed by atoms with Crippen LogP contribution in [0, 0.1) is 16.9 Å². The average molecular weight is 472 g/mol. The number of nitrogens with one attached hydrogen (secondary N) is 3. The number of nitrogens with zero attached hydrogens (tertiary/aromatic N) is 2. The lowest BCUT2D eigenvalue weighted by Crippen LogP contribution is -2.57. The summed E-state index contributed by atoms with van der Waals surface area (Å²) in [5.41, 5.74) is 1.22. The molecule has 176 valence electrons. The summed E-state index contributed by atoms with van der Waals surface area (Å²) < 4.78 is 10.6. The van der Waals surface area contributed by atoms with E-state index in [9.17, 15) is 4.79 Å². The number of carbonyl (C=O) groups excluding carboxylic acids is 1. The van der Waals surface area contributed by atoms with Gasteiger partial charge in [-0.25, -0.2) is 4.99 Å². The minimum atomic E-state index is -0.504. The van der Waals surface area contributed by atoms with Gasteiger partial charge in [-0.2, -0.15) is 5.26 Å². The summed E-state index contributed by atoms with van der Waals surface area (Å²) in [7, 11) is 3.11. The van der Waals surface area contributed by atoms with Crippen molar-refractivity contribution < 1.29 is 14.3 Å². The lowest BCUT2D eigenvalue weighted by Gasteiger charge is -2.33. The molecule has 0 aromatic heterocycles. The number of guanidine groups is 1. The molecule has 2 aromatic carbocycles. The molecule has 0 aliphatic carbocycles. The molecule has 0 heterocycles. The summed E-state index contributed by atoms with van der Waals surface area (Å²) in [4.78, 5) is 17.3. The Morgan fingerprint density at radius 1 is 1.12 bits per heavy atom. The van der Waals surface area contributed by atoms with E-state index in [0.29, 0.717) is 16.5 Å². The molecule has 1 atom stereocenters. The number of nitriles is 1. The fourth-order valence-electron chi connectivity index (χ4n) is 2.96. The number of carbonyl (C=O) groups is 1. The first-order chi connectivity index (χ1) is 15.7. The molecule has 0 radical (unpaired) electrons. The van der Waals surface area contributed by atoms with Crippen molar-refractivity contribution in [2.45, 2.75) is 39.9 Å². The molecular formula is C24H30ClN5O3. The van der Waals surface area contributed by atoms with Gasteiger partial charge in [0, 0.05) is 10.4 Å². The van der Waals surface area contributed by atoms with Crippen LogP contribution in [0.25, 0.3) is 0 Å². The van der Waals surface area contributed by atoms with E-state index >= 15 is 0 Å². The number of aliphatic imine (C=N–C) groups is 1. The van der Waals surface area contributed by atoms with Crippen LogP contribution in [-0.4, -0.2) is 32.3 Å². The van der Waals surface area contributed by atoms with Gasteiger partial charge in [-0.1, -0.05) is 56.6 Å². The number of hydrogen-bond donors (Lipinski definition) is 3. The predicted octanol–water partition coefficient (Wildman–Crippen LogP) is 3.60. The zero-order chi connectivity index (χ0) is 24.4. The van der Waals surface area contributed by atoms with Gasteiger partial charge in [0.2, 0.25) is 11.9 Å². The van der Waals surface area contributed by atoms with Crippen molar-refractivity contribution >= 4 is 23.5 Å². The standard InChI is InChI=1S/C24H30ClN5O3/c1-24(2,3)22(29-21(31)13-16-10-11-19(32-4)20(12-16)33-5)30-23(28-15-26)27-14-17-8-6-7-9-18(17)25/h6-12,22H,13-14H2,1-5H3,(H,29,31)(H2,27,28,30). The van der Waals surface area contributed by atoms with Crippen molar-refractivity contribution in [3.8, 4) is 17.7 Å². The molecule has 8 nitrogen and oxygen atoms in total. The molecular weight excluding hydrogens is 442 g/mol. The number of methoxy groups -OCH3 is 2. The second kappa shape index (κ2) is 12.0. The summed E-state index contributed by atoms with van der Waals surface area (Å²) in [5.74, 6) is 1.19. The molecule has 1 amide bonds. The Hall–Kier alpha value is -3.44. The van der Waals surface area contributed by atoms with E-state index in [1.807, 2.05) is 51.2 Å². The summed E-state index contributed by atoms with van der Waals surface area (Å²) in [5, 5.41) is 18.4. The molecule has 1 unspecified atom stereocenters. The van der Waals surface area contributed by atoms with Crippen LogP contribution in [0.1, 0.15) is 31.9 Å². The fourth-order valence-corrected chi connectivity index (χ4v) is 3.15. The van der Waals surface area contributed by atoms with Crippen molar-refractivity contribution in [1.29, 1.82) is 5.26 Å². The van der Waals surface area contributed by atoms with Gasteiger partial charge in [0.25, 0.3) is 0 Å². The number of ether oxygens (including phenoxy) is 2. The molecule has 0 fully saturated rings. The van der Waals surface area contributed by atoms with Gasteiger partial charge in [-0.15, -0.1) is 0 Å². The maximum Gasteiger partial charge on any atom is 0.226 e. The molecule has 33 heavy (non-hydrogen) atoms. The van der Waals surface area contributed by atoms with E-state index < -0.39 is 6.17 Å². The van der Waals surface area contributed by atoms with Crippen LogP contribution in [0.15, 0.2) is 47.5 Å². The SMILES string of the molecule is COc1ccc(CC(=O)NC(NC(=NCc2ccccc2Cl)NC#N)C(C)(C)C)cc1OC. The molecule has 0 spiro atoms. The zero-order valence-electron chi connectivity index (χ0n) is 19.5. The average Bonchev–Trinajstić information content (AvgIpc) is 2.77. The smallest absolute Gasteiger partial charge is 0.226 e. The van der Waals surface area contributed by atoms with E-state index in [-0.39, 0.29) is 30.2 Å². The van der Waals surface area contributed by atoms with E-state index in [0.717, 1.165) is 11.1 Å². The Kier molecular flexibility index (Phi) is 9.37. The molecule has 2 rings (SSSR count). The van der Waals surface area contributed by atoms with Gasteiger partial charge in [0.15, 0.2) is 17.7 Å². The number of benzene rings is 2. The highest BCUT2D eigenvalue weighted by molar-refractivity contribution is 6.31. The van der Waals surface area contributed by atoms with Crippen molar-refractivity contribution in [2.75, 3.05) is 14.2 Å². The summed E-state index contributed by atoms with van der Waals surface area (Å²) in [6, 6.07) is 12.7. The lowest BCUT2D eigenvalue weighted by molar-refractivity contribution is -0.122. The molecule has 3 N–H and O–H groups in total. The molecule has 0 bridgehead atoms. The third-order valence-corrected chi connectivity index (χ3v) is 5.17. The maximum absolute atomic E-state index is 12.8. The van der Waals surface area contributed by atoms with Crippen molar-refractivity contribution in [3.05, 3.63) is 58.6 Å². The summed E-state index contributed by atoms with van der Waals surface area (Å²) >= 11 is 6.20. The topological polar surface area (TPSA) is 108 Å². The molecule has 0 saturated carbocycles. The van der Waals surface area contributed by atoms with Crippen molar-refractivity contribution in [2.24, 2.45) is 10.4 Å². The number of amides is 1. The van der Waals surface area contributed by atoms with E-state index in [2.05, 4.69) is 20.9 Å². The van der Waals surface area contributed by atoms with E-state index in [1.165, 1.54) is 0 Å². The Morgan fingerprint density at radius 2 is 1.82 bits per heavy atom. The van der Waals surface area contributed by atoms with Gasteiger partial charge in [0.1, 0.15) is 6.17 Å². The second-order valence-corrected chi connectivity index (χ2v) is 8.78. The largest absolute Gasteiger partial charge is 0.493 e. The highest BCUT2D eigenvalue weighted by Crippen LogP contribution is 2.27. The number of hydrogen-bond acceptors (Lipinski definition) is 5. The first-order valence-electron chi connectivity index (χ1n) is 10.4. The van der Waals surface area contributed by atoms with Crippen LogP contribution in [0.2, 0.25) is 5.02 Å². The van der Waals surface area contributed by atoms with Crippen LogP contribution in [-0.2, 0) is 17.8 Å². The van der Waals surface area contributed by atoms with Crippen molar-refractivity contribution in [1.82, 2.24) is 16.0 Å². The van der Waals surface area contributed by atoms with Gasteiger partial charge < -0.3 is 20.1 Å². The second-order valence-electron chi connectivity index (χ2n) is 8.37. The van der Waals surface area contributed by atoms with Gasteiger partial charge in [-0.05, 0) is 29.3 Å². The van der Waals surface area contributed by atoms with Gasteiger partial charge >= 0.3 is 0 Å².